The number of hydrogen-bond acceptors (Lipinski definition) is 4. The number of fused-ring (bicyclic) bond motifs is 1. The van der Waals surface area contributed by atoms with E-state index in [1.54, 1.807) is 6.92 Å². The molecular formula is C30H38ClF6N4S+. The zero-order valence-electron chi connectivity index (χ0n) is 23.8. The number of benzene rings is 2. The second-order valence-electron chi connectivity index (χ2n) is 11.6. The van der Waals surface area contributed by atoms with Gasteiger partial charge in [-0.25, -0.2) is 0 Å². The van der Waals surface area contributed by atoms with Crippen LogP contribution in [0.25, 0.3) is 0 Å². The molecule has 2 aromatic rings. The Hall–Kier alpha value is -1.95. The Morgan fingerprint density at radius 3 is 2.02 bits per heavy atom. The molecule has 1 fully saturated rings. The second-order valence-corrected chi connectivity index (χ2v) is 12.9. The van der Waals surface area contributed by atoms with Crippen LogP contribution in [0.5, 0.6) is 0 Å². The standard InChI is InChI=1S/C30H37F6N4S.ClH/c1-3-39(16-20-7-4-5-8-20)27-14-23-10-6-9-22(23)13-24(27)18-40(28(37)41-19(2)38-40)17-21-11-25(29(31,32)33)15-26(12-21)30(34,35)36;/h11-15,20,28H,3-10,16-18,37H2,1-2H3;1H/q+1;. The Morgan fingerprint density at radius 1 is 0.905 bits per heavy atom. The third-order valence-electron chi connectivity index (χ3n) is 8.62. The first-order valence-corrected chi connectivity index (χ1v) is 15.2. The summed E-state index contributed by atoms with van der Waals surface area (Å²) < 4.78 is 81.8. The molecule has 2 unspecified atom stereocenters. The third kappa shape index (κ3) is 7.05. The van der Waals surface area contributed by atoms with E-state index in [0.717, 1.165) is 55.7 Å². The smallest absolute Gasteiger partial charge is 0.371 e. The number of thioether (sulfide) groups is 1. The van der Waals surface area contributed by atoms with E-state index in [9.17, 15) is 26.3 Å². The van der Waals surface area contributed by atoms with Crippen LogP contribution in [0, 0.1) is 5.92 Å². The van der Waals surface area contributed by atoms with E-state index < -0.39 is 29.0 Å². The van der Waals surface area contributed by atoms with E-state index in [-0.39, 0.29) is 41.7 Å². The summed E-state index contributed by atoms with van der Waals surface area (Å²) in [4.78, 5) is 2.39. The van der Waals surface area contributed by atoms with Crippen molar-refractivity contribution in [1.82, 2.24) is 0 Å². The summed E-state index contributed by atoms with van der Waals surface area (Å²) in [5, 5.41) is 5.46. The van der Waals surface area contributed by atoms with Gasteiger partial charge in [0.2, 0.25) is 5.50 Å². The van der Waals surface area contributed by atoms with Crippen LogP contribution >= 0.6 is 24.2 Å². The molecule has 4 nitrogen and oxygen atoms in total. The summed E-state index contributed by atoms with van der Waals surface area (Å²) in [7, 11) is 0. The number of aryl methyl sites for hydroxylation is 2. The number of rotatable bonds is 8. The van der Waals surface area contributed by atoms with Gasteiger partial charge in [0.15, 0.2) is 0 Å². The molecule has 5 rings (SSSR count). The second kappa shape index (κ2) is 12.6. The number of alkyl halides is 6. The van der Waals surface area contributed by atoms with Crippen molar-refractivity contribution in [1.29, 1.82) is 0 Å². The van der Waals surface area contributed by atoms with Crippen LogP contribution in [0.1, 0.15) is 79.3 Å². The van der Waals surface area contributed by atoms with Gasteiger partial charge >= 0.3 is 12.4 Å². The number of hydrogen-bond donors (Lipinski definition) is 1. The lowest BCUT2D eigenvalue weighted by atomic mass is 10.00. The van der Waals surface area contributed by atoms with Gasteiger partial charge in [0.05, 0.1) is 11.1 Å². The lowest BCUT2D eigenvalue weighted by molar-refractivity contribution is -0.966. The average molecular weight is 636 g/mol. The molecule has 0 aromatic heterocycles. The molecule has 0 saturated heterocycles. The summed E-state index contributed by atoms with van der Waals surface area (Å²) >= 11 is 1.30. The van der Waals surface area contributed by atoms with Crippen LogP contribution in [0.15, 0.2) is 35.4 Å². The fraction of sp³-hybridized carbons (Fsp3) is 0.567. The minimum atomic E-state index is -4.92. The Bertz CT molecular complexity index is 1280. The molecule has 0 radical (unpaired) electrons. The summed E-state index contributed by atoms with van der Waals surface area (Å²) in [6.07, 6.45) is -1.98. The van der Waals surface area contributed by atoms with Crippen molar-refractivity contribution in [2.45, 2.75) is 89.7 Å². The Labute approximate surface area is 253 Å². The van der Waals surface area contributed by atoms with Crippen LogP contribution in [0.2, 0.25) is 0 Å². The molecule has 1 heterocycles. The highest BCUT2D eigenvalue weighted by atomic mass is 35.5. The highest BCUT2D eigenvalue weighted by molar-refractivity contribution is 8.14. The van der Waals surface area contributed by atoms with Gasteiger partial charge in [-0.2, -0.15) is 30.9 Å². The quantitative estimate of drug-likeness (QED) is 0.234. The summed E-state index contributed by atoms with van der Waals surface area (Å²) in [6.45, 7) is 5.70. The fourth-order valence-corrected chi connectivity index (χ4v) is 7.60. The highest BCUT2D eigenvalue weighted by Crippen LogP contribution is 2.42. The summed E-state index contributed by atoms with van der Waals surface area (Å²) in [6, 6.07) is 6.21. The first-order chi connectivity index (χ1) is 19.3. The number of quaternary nitrogens is 1. The van der Waals surface area contributed by atoms with Gasteiger partial charge in [-0.3, -0.25) is 5.73 Å². The van der Waals surface area contributed by atoms with Crippen molar-refractivity contribution in [3.8, 4) is 0 Å². The zero-order valence-corrected chi connectivity index (χ0v) is 25.5. The molecule has 42 heavy (non-hydrogen) atoms. The third-order valence-corrected chi connectivity index (χ3v) is 9.68. The van der Waals surface area contributed by atoms with Crippen molar-refractivity contribution in [3.63, 3.8) is 0 Å². The van der Waals surface area contributed by atoms with E-state index in [4.69, 9.17) is 10.8 Å². The van der Waals surface area contributed by atoms with E-state index in [1.165, 1.54) is 48.6 Å². The van der Waals surface area contributed by atoms with Gasteiger partial charge in [0.25, 0.3) is 0 Å². The molecule has 2 aliphatic carbocycles. The van der Waals surface area contributed by atoms with Crippen molar-refractivity contribution in [2.24, 2.45) is 16.8 Å². The average Bonchev–Trinajstić information content (AvgIpc) is 3.62. The number of nitrogens with zero attached hydrogens (tertiary/aromatic N) is 3. The van der Waals surface area contributed by atoms with E-state index >= 15 is 0 Å². The molecule has 0 amide bonds. The zero-order chi connectivity index (χ0) is 29.6. The van der Waals surface area contributed by atoms with Crippen LogP contribution in [0.4, 0.5) is 32.0 Å². The maximum atomic E-state index is 13.7. The fourth-order valence-electron chi connectivity index (χ4n) is 6.65. The Balaban J connectivity index is 0.00000405. The highest BCUT2D eigenvalue weighted by Gasteiger charge is 2.45. The lowest BCUT2D eigenvalue weighted by Gasteiger charge is -2.35. The molecule has 2 aromatic carbocycles. The molecule has 3 aliphatic rings. The molecule has 0 bridgehead atoms. The van der Waals surface area contributed by atoms with Crippen LogP contribution < -0.4 is 10.6 Å². The number of nitrogens with two attached hydrogens (primary N) is 1. The molecule has 232 valence electrons. The van der Waals surface area contributed by atoms with Crippen molar-refractivity contribution in [2.75, 3.05) is 18.0 Å². The molecule has 2 atom stereocenters. The SMILES string of the molecule is CCN(CC1CCCC1)c1cc2c(cc1C[N+]1(Cc3cc(C(F)(F)F)cc(C(F)(F)F)c3)N=C(C)SC1N)CCC2.Cl. The van der Waals surface area contributed by atoms with Crippen LogP contribution in [0.3, 0.4) is 0 Å². The molecular weight excluding hydrogens is 598 g/mol. The van der Waals surface area contributed by atoms with E-state index in [1.807, 2.05) is 0 Å². The van der Waals surface area contributed by atoms with Gasteiger partial charge in [0, 0.05) is 29.9 Å². The predicted molar refractivity (Wildman–Crippen MR) is 158 cm³/mol. The van der Waals surface area contributed by atoms with E-state index in [0.29, 0.717) is 11.0 Å². The molecule has 2 N–H and O–H groups in total. The van der Waals surface area contributed by atoms with Crippen molar-refractivity contribution in [3.05, 3.63) is 63.7 Å². The van der Waals surface area contributed by atoms with Crippen molar-refractivity contribution >= 4 is 34.9 Å². The normalized spacial score (nSPS) is 22.7. The monoisotopic (exact) mass is 635 g/mol. The van der Waals surface area contributed by atoms with Gasteiger partial charge in [-0.1, -0.05) is 17.9 Å². The van der Waals surface area contributed by atoms with Gasteiger partial charge in [-0.05, 0) is 105 Å². The Kier molecular flexibility index (Phi) is 9.87. The Morgan fingerprint density at radius 2 is 1.50 bits per heavy atom. The lowest BCUT2D eigenvalue weighted by Crippen LogP contribution is -2.50. The van der Waals surface area contributed by atoms with Gasteiger partial charge < -0.3 is 4.90 Å². The summed E-state index contributed by atoms with van der Waals surface area (Å²) in [5.41, 5.74) is 7.82. The minimum Gasteiger partial charge on any atom is -0.371 e. The largest absolute Gasteiger partial charge is 0.416 e. The minimum absolute atomic E-state index is 0. The van der Waals surface area contributed by atoms with Crippen molar-refractivity contribution < 1.29 is 30.9 Å². The first-order valence-electron chi connectivity index (χ1n) is 14.3. The van der Waals surface area contributed by atoms with E-state index in [2.05, 4.69) is 24.0 Å². The predicted octanol–water partition coefficient (Wildman–Crippen LogP) is 8.49. The molecule has 0 spiro atoms. The molecule has 1 saturated carbocycles. The molecule has 1 aliphatic heterocycles. The number of halogens is 7. The number of anilines is 1. The van der Waals surface area contributed by atoms with Gasteiger partial charge in [0.1, 0.15) is 18.1 Å². The van der Waals surface area contributed by atoms with Crippen LogP contribution in [-0.4, -0.2) is 28.2 Å². The van der Waals surface area contributed by atoms with Crippen LogP contribution in [-0.2, 0) is 38.3 Å². The first kappa shape index (κ1) is 33.0. The topological polar surface area (TPSA) is 41.6 Å². The maximum Gasteiger partial charge on any atom is 0.416 e. The molecule has 12 heteroatoms. The van der Waals surface area contributed by atoms with Gasteiger partial charge in [-0.15, -0.1) is 12.4 Å². The maximum absolute atomic E-state index is 13.7. The summed E-state index contributed by atoms with van der Waals surface area (Å²) in [5.74, 6) is 0.606.